The van der Waals surface area contributed by atoms with Crippen LogP contribution in [-0.2, 0) is 6.42 Å². The Labute approximate surface area is 128 Å². The van der Waals surface area contributed by atoms with Gasteiger partial charge in [0.05, 0.1) is 6.10 Å². The summed E-state index contributed by atoms with van der Waals surface area (Å²) in [6.45, 7) is 0. The molecule has 1 atom stereocenters. The van der Waals surface area contributed by atoms with Crippen LogP contribution in [-0.4, -0.2) is 5.11 Å². The Morgan fingerprint density at radius 2 is 2.00 bits per heavy atom. The van der Waals surface area contributed by atoms with Crippen LogP contribution in [0.3, 0.4) is 0 Å². The summed E-state index contributed by atoms with van der Waals surface area (Å²) in [6.07, 6.45) is -0.246. The Bertz CT molecular complexity index is 753. The molecule has 0 radical (unpaired) electrons. The smallest absolute Gasteiger partial charge is 0.123 e. The molecular formula is C16H12BrFOS. The second-order valence-electron chi connectivity index (χ2n) is 4.64. The molecule has 0 fully saturated rings. The highest BCUT2D eigenvalue weighted by molar-refractivity contribution is 9.10. The summed E-state index contributed by atoms with van der Waals surface area (Å²) in [6, 6.07) is 12.5. The summed E-state index contributed by atoms with van der Waals surface area (Å²) in [7, 11) is 0. The number of fused-ring (bicyclic) bond motifs is 1. The van der Waals surface area contributed by atoms with E-state index >= 15 is 0 Å². The number of aliphatic hydroxyl groups is 1. The van der Waals surface area contributed by atoms with Crippen molar-refractivity contribution < 1.29 is 9.50 Å². The third kappa shape index (κ3) is 2.64. The van der Waals surface area contributed by atoms with Crippen LogP contribution in [0.5, 0.6) is 0 Å². The fraction of sp³-hybridized carbons (Fsp3) is 0.125. The second-order valence-corrected chi connectivity index (χ2v) is 6.41. The summed E-state index contributed by atoms with van der Waals surface area (Å²) in [4.78, 5) is 0. The highest BCUT2D eigenvalue weighted by Gasteiger charge is 2.15. The van der Waals surface area contributed by atoms with Gasteiger partial charge >= 0.3 is 0 Å². The molecule has 0 bridgehead atoms. The second kappa shape index (κ2) is 5.64. The Hall–Kier alpha value is -1.23. The number of rotatable bonds is 3. The molecule has 1 nitrogen and oxygen atoms in total. The lowest BCUT2D eigenvalue weighted by Gasteiger charge is -2.12. The van der Waals surface area contributed by atoms with Gasteiger partial charge < -0.3 is 5.11 Å². The number of hydrogen-bond donors (Lipinski definition) is 1. The molecule has 1 aromatic heterocycles. The lowest BCUT2D eigenvalue weighted by Crippen LogP contribution is -2.03. The van der Waals surface area contributed by atoms with E-state index in [4.69, 9.17) is 0 Å². The van der Waals surface area contributed by atoms with Gasteiger partial charge in [0.25, 0.3) is 0 Å². The van der Waals surface area contributed by atoms with Crippen molar-refractivity contribution in [1.29, 1.82) is 0 Å². The molecule has 1 unspecified atom stereocenters. The average molecular weight is 351 g/mol. The van der Waals surface area contributed by atoms with E-state index in [1.54, 1.807) is 17.4 Å². The predicted molar refractivity (Wildman–Crippen MR) is 84.6 cm³/mol. The monoisotopic (exact) mass is 350 g/mol. The number of aliphatic hydroxyl groups excluding tert-OH is 1. The van der Waals surface area contributed by atoms with Gasteiger partial charge in [-0.2, -0.15) is 0 Å². The molecule has 3 aromatic rings. The van der Waals surface area contributed by atoms with Gasteiger partial charge in [0.15, 0.2) is 0 Å². The minimum atomic E-state index is -0.724. The fourth-order valence-corrected chi connectivity index (χ4v) is 3.77. The van der Waals surface area contributed by atoms with Crippen LogP contribution < -0.4 is 0 Å². The molecule has 3 rings (SSSR count). The van der Waals surface area contributed by atoms with Gasteiger partial charge in [-0.05, 0) is 46.2 Å². The van der Waals surface area contributed by atoms with E-state index in [0.717, 1.165) is 15.4 Å². The van der Waals surface area contributed by atoms with Gasteiger partial charge in [-0.25, -0.2) is 4.39 Å². The molecule has 0 aliphatic rings. The summed E-state index contributed by atoms with van der Waals surface area (Å²) in [5.74, 6) is -0.336. The Morgan fingerprint density at radius 3 is 2.85 bits per heavy atom. The van der Waals surface area contributed by atoms with Crippen molar-refractivity contribution in [2.24, 2.45) is 0 Å². The maximum atomic E-state index is 13.3. The van der Waals surface area contributed by atoms with Crippen molar-refractivity contribution in [1.82, 2.24) is 0 Å². The zero-order valence-corrected chi connectivity index (χ0v) is 12.9. The average Bonchev–Trinajstić information content (AvgIpc) is 2.85. The fourth-order valence-electron chi connectivity index (χ4n) is 2.28. The van der Waals surface area contributed by atoms with E-state index in [1.165, 1.54) is 16.8 Å². The summed E-state index contributed by atoms with van der Waals surface area (Å²) in [5.41, 5.74) is 1.68. The van der Waals surface area contributed by atoms with Crippen molar-refractivity contribution >= 4 is 37.4 Å². The quantitative estimate of drug-likeness (QED) is 0.698. The standard InChI is InChI=1S/C16H12BrFOS/c17-14-6-5-11(18)8-13(14)15(19)7-10-9-20-16-4-2-1-3-12(10)16/h1-6,8-9,15,19H,7H2. The van der Waals surface area contributed by atoms with Crippen LogP contribution in [0.15, 0.2) is 52.3 Å². The van der Waals surface area contributed by atoms with Crippen molar-refractivity contribution in [3.8, 4) is 0 Å². The van der Waals surface area contributed by atoms with E-state index < -0.39 is 6.10 Å². The maximum absolute atomic E-state index is 13.3. The SMILES string of the molecule is OC(Cc1csc2ccccc12)c1cc(F)ccc1Br. The van der Waals surface area contributed by atoms with Crippen LogP contribution in [0.2, 0.25) is 0 Å². The first-order valence-corrected chi connectivity index (χ1v) is 7.90. The van der Waals surface area contributed by atoms with Crippen LogP contribution in [0.4, 0.5) is 4.39 Å². The topological polar surface area (TPSA) is 20.2 Å². The van der Waals surface area contributed by atoms with Gasteiger partial charge in [0, 0.05) is 15.6 Å². The zero-order chi connectivity index (χ0) is 14.1. The molecule has 0 aliphatic heterocycles. The van der Waals surface area contributed by atoms with Gasteiger partial charge in [0.1, 0.15) is 5.82 Å². The van der Waals surface area contributed by atoms with Crippen LogP contribution in [0.1, 0.15) is 17.2 Å². The van der Waals surface area contributed by atoms with Crippen molar-refractivity contribution in [2.45, 2.75) is 12.5 Å². The largest absolute Gasteiger partial charge is 0.388 e. The van der Waals surface area contributed by atoms with E-state index in [0.29, 0.717) is 12.0 Å². The number of hydrogen-bond acceptors (Lipinski definition) is 2. The van der Waals surface area contributed by atoms with E-state index in [9.17, 15) is 9.50 Å². The van der Waals surface area contributed by atoms with Gasteiger partial charge in [0.2, 0.25) is 0 Å². The third-order valence-electron chi connectivity index (χ3n) is 3.29. The van der Waals surface area contributed by atoms with Crippen LogP contribution >= 0.6 is 27.3 Å². The first-order valence-electron chi connectivity index (χ1n) is 6.23. The Kier molecular flexibility index (Phi) is 3.87. The molecule has 1 heterocycles. The number of halogens is 2. The maximum Gasteiger partial charge on any atom is 0.123 e. The molecule has 2 aromatic carbocycles. The summed E-state index contributed by atoms with van der Waals surface area (Å²) >= 11 is 5.02. The highest BCUT2D eigenvalue weighted by Crippen LogP contribution is 2.32. The summed E-state index contributed by atoms with van der Waals surface area (Å²) < 4.78 is 15.2. The van der Waals surface area contributed by atoms with Gasteiger partial charge in [-0.15, -0.1) is 11.3 Å². The first kappa shape index (κ1) is 13.7. The molecule has 20 heavy (non-hydrogen) atoms. The van der Waals surface area contributed by atoms with Crippen molar-refractivity contribution in [3.05, 3.63) is 69.3 Å². The van der Waals surface area contributed by atoms with E-state index in [-0.39, 0.29) is 5.82 Å². The predicted octanol–water partition coefficient (Wildman–Crippen LogP) is 5.08. The molecule has 0 aliphatic carbocycles. The molecule has 0 amide bonds. The van der Waals surface area contributed by atoms with Gasteiger partial charge in [-0.3, -0.25) is 0 Å². The lowest BCUT2D eigenvalue weighted by molar-refractivity contribution is 0.177. The molecule has 0 saturated carbocycles. The van der Waals surface area contributed by atoms with Crippen LogP contribution in [0, 0.1) is 5.82 Å². The third-order valence-corrected chi connectivity index (χ3v) is 5.03. The lowest BCUT2D eigenvalue weighted by atomic mass is 10.0. The molecule has 102 valence electrons. The molecule has 0 saturated heterocycles. The van der Waals surface area contributed by atoms with E-state index in [1.807, 2.05) is 12.1 Å². The Balaban J connectivity index is 1.92. The zero-order valence-electron chi connectivity index (χ0n) is 10.5. The normalized spacial score (nSPS) is 12.8. The minimum Gasteiger partial charge on any atom is -0.388 e. The van der Waals surface area contributed by atoms with E-state index in [2.05, 4.69) is 33.4 Å². The van der Waals surface area contributed by atoms with Crippen molar-refractivity contribution in [2.75, 3.05) is 0 Å². The number of benzene rings is 2. The molecule has 1 N–H and O–H groups in total. The van der Waals surface area contributed by atoms with Gasteiger partial charge in [-0.1, -0.05) is 34.1 Å². The highest BCUT2D eigenvalue weighted by atomic mass is 79.9. The van der Waals surface area contributed by atoms with Crippen LogP contribution in [0.25, 0.3) is 10.1 Å². The first-order chi connectivity index (χ1) is 9.65. The Morgan fingerprint density at radius 1 is 1.20 bits per heavy atom. The molecule has 0 spiro atoms. The summed E-state index contributed by atoms with van der Waals surface area (Å²) in [5, 5.41) is 13.6. The number of thiophene rings is 1. The van der Waals surface area contributed by atoms with Crippen molar-refractivity contribution in [3.63, 3.8) is 0 Å². The molecular weight excluding hydrogens is 339 g/mol. The minimum absolute atomic E-state index is 0.336. The molecule has 4 heteroatoms.